The maximum Gasteiger partial charge on any atom is 0.573 e. The zero-order valence-corrected chi connectivity index (χ0v) is 13.0. The topological polar surface area (TPSA) is 77.8 Å². The highest BCUT2D eigenvalue weighted by atomic mass is 19.4. The first-order chi connectivity index (χ1) is 11.7. The number of rotatable bonds is 6. The van der Waals surface area contributed by atoms with Crippen LogP contribution in [0.25, 0.3) is 0 Å². The van der Waals surface area contributed by atoms with Gasteiger partial charge in [-0.05, 0) is 43.3 Å². The smallest absolute Gasteiger partial charge is 0.467 e. The Hall–Kier alpha value is -2.97. The van der Waals surface area contributed by atoms with Gasteiger partial charge in [-0.2, -0.15) is 0 Å². The summed E-state index contributed by atoms with van der Waals surface area (Å²) in [6.07, 6.45) is -4.45. The number of esters is 1. The summed E-state index contributed by atoms with van der Waals surface area (Å²) in [6.45, 7) is 1.51. The van der Waals surface area contributed by atoms with E-state index < -0.39 is 30.1 Å². The first kappa shape index (κ1) is 18.4. The van der Waals surface area contributed by atoms with Crippen molar-refractivity contribution in [1.82, 2.24) is 5.32 Å². The molecule has 2 aromatic rings. The Balaban J connectivity index is 1.86. The molecule has 1 heterocycles. The molecule has 0 saturated heterocycles. The second kappa shape index (κ2) is 7.73. The average Bonchev–Trinajstić information content (AvgIpc) is 3.05. The summed E-state index contributed by atoms with van der Waals surface area (Å²) in [5, 5.41) is 2.52. The molecule has 0 saturated carbocycles. The Labute approximate surface area is 140 Å². The molecule has 9 heteroatoms. The standard InChI is InChI=1S/C16H14F3NO5/c1-10(14(21)20-9-13-3-2-8-23-13)24-15(22)11-4-6-12(7-5-11)25-16(17,18)19/h2-8,10H,9H2,1H3,(H,20,21)/t10-/m0/s1. The molecule has 2 rings (SSSR count). The third-order valence-electron chi connectivity index (χ3n) is 2.99. The van der Waals surface area contributed by atoms with Gasteiger partial charge >= 0.3 is 12.3 Å². The van der Waals surface area contributed by atoms with Crippen molar-refractivity contribution in [2.24, 2.45) is 0 Å². The van der Waals surface area contributed by atoms with Gasteiger partial charge in [0.05, 0.1) is 18.4 Å². The summed E-state index contributed by atoms with van der Waals surface area (Å²) in [6, 6.07) is 7.50. The monoisotopic (exact) mass is 357 g/mol. The lowest BCUT2D eigenvalue weighted by Gasteiger charge is -2.13. The van der Waals surface area contributed by atoms with E-state index in [2.05, 4.69) is 10.1 Å². The Morgan fingerprint density at radius 2 is 1.88 bits per heavy atom. The van der Waals surface area contributed by atoms with E-state index in [1.165, 1.54) is 13.2 Å². The number of benzene rings is 1. The van der Waals surface area contributed by atoms with Crippen molar-refractivity contribution in [3.05, 3.63) is 54.0 Å². The molecular formula is C16H14F3NO5. The Bertz CT molecular complexity index is 710. The zero-order chi connectivity index (χ0) is 18.4. The van der Waals surface area contributed by atoms with Crippen LogP contribution in [0.4, 0.5) is 13.2 Å². The molecule has 0 unspecified atom stereocenters. The molecule has 1 aromatic carbocycles. The molecule has 1 aromatic heterocycles. The third-order valence-corrected chi connectivity index (χ3v) is 2.99. The molecular weight excluding hydrogens is 343 g/mol. The van der Waals surface area contributed by atoms with Crippen LogP contribution in [0.5, 0.6) is 5.75 Å². The van der Waals surface area contributed by atoms with Crippen molar-refractivity contribution in [3.8, 4) is 5.75 Å². The van der Waals surface area contributed by atoms with Gasteiger partial charge in [-0.25, -0.2) is 4.79 Å². The van der Waals surface area contributed by atoms with E-state index in [-0.39, 0.29) is 12.1 Å². The number of ether oxygens (including phenoxy) is 2. The maximum atomic E-state index is 12.1. The Morgan fingerprint density at radius 1 is 1.20 bits per heavy atom. The molecule has 0 radical (unpaired) electrons. The van der Waals surface area contributed by atoms with Gasteiger partial charge < -0.3 is 19.2 Å². The summed E-state index contributed by atoms with van der Waals surface area (Å²) in [5.41, 5.74) is -0.0137. The van der Waals surface area contributed by atoms with Crippen LogP contribution in [0.15, 0.2) is 47.1 Å². The second-order valence-electron chi connectivity index (χ2n) is 4.92. The molecule has 0 spiro atoms. The van der Waals surface area contributed by atoms with E-state index in [1.807, 2.05) is 0 Å². The molecule has 1 atom stereocenters. The lowest BCUT2D eigenvalue weighted by molar-refractivity contribution is -0.274. The quantitative estimate of drug-likeness (QED) is 0.804. The van der Waals surface area contributed by atoms with Crippen LogP contribution in [0.3, 0.4) is 0 Å². The molecule has 0 aliphatic heterocycles. The van der Waals surface area contributed by atoms with Crippen LogP contribution in [-0.2, 0) is 16.1 Å². The summed E-state index contributed by atoms with van der Waals surface area (Å²) in [4.78, 5) is 23.7. The lowest BCUT2D eigenvalue weighted by Crippen LogP contribution is -2.35. The fourth-order valence-electron chi connectivity index (χ4n) is 1.81. The van der Waals surface area contributed by atoms with E-state index in [9.17, 15) is 22.8 Å². The second-order valence-corrected chi connectivity index (χ2v) is 4.92. The predicted octanol–water partition coefficient (Wildman–Crippen LogP) is 3.04. The van der Waals surface area contributed by atoms with Gasteiger partial charge in [-0.1, -0.05) is 0 Å². The van der Waals surface area contributed by atoms with Crippen molar-refractivity contribution < 1.29 is 36.7 Å². The highest BCUT2D eigenvalue weighted by molar-refractivity contribution is 5.92. The van der Waals surface area contributed by atoms with Crippen molar-refractivity contribution >= 4 is 11.9 Å². The SMILES string of the molecule is C[C@H](OC(=O)c1ccc(OC(F)(F)F)cc1)C(=O)NCc1ccco1. The number of carbonyl (C=O) groups is 2. The first-order valence-corrected chi connectivity index (χ1v) is 7.11. The highest BCUT2D eigenvalue weighted by Crippen LogP contribution is 2.23. The normalized spacial score (nSPS) is 12.3. The molecule has 1 amide bonds. The van der Waals surface area contributed by atoms with Crippen molar-refractivity contribution in [1.29, 1.82) is 0 Å². The van der Waals surface area contributed by atoms with Gasteiger partial charge in [0.2, 0.25) is 0 Å². The molecule has 0 fully saturated rings. The van der Waals surface area contributed by atoms with Crippen LogP contribution in [0.2, 0.25) is 0 Å². The molecule has 6 nitrogen and oxygen atoms in total. The largest absolute Gasteiger partial charge is 0.573 e. The number of furan rings is 1. The van der Waals surface area contributed by atoms with Crippen LogP contribution < -0.4 is 10.1 Å². The van der Waals surface area contributed by atoms with Crippen molar-refractivity contribution in [2.75, 3.05) is 0 Å². The number of alkyl halides is 3. The van der Waals surface area contributed by atoms with Crippen molar-refractivity contribution in [2.45, 2.75) is 25.9 Å². The molecule has 1 N–H and O–H groups in total. The van der Waals surface area contributed by atoms with Gasteiger partial charge in [-0.3, -0.25) is 4.79 Å². The number of halogens is 3. The van der Waals surface area contributed by atoms with E-state index in [4.69, 9.17) is 9.15 Å². The molecule has 0 bridgehead atoms. The number of amides is 1. The minimum Gasteiger partial charge on any atom is -0.467 e. The molecule has 25 heavy (non-hydrogen) atoms. The van der Waals surface area contributed by atoms with Gasteiger partial charge in [0.1, 0.15) is 11.5 Å². The highest BCUT2D eigenvalue weighted by Gasteiger charge is 2.31. The minimum absolute atomic E-state index is 0.0137. The van der Waals surface area contributed by atoms with Crippen LogP contribution in [0, 0.1) is 0 Å². The minimum atomic E-state index is -4.82. The molecule has 0 aliphatic rings. The predicted molar refractivity (Wildman–Crippen MR) is 78.6 cm³/mol. The Morgan fingerprint density at radius 3 is 2.44 bits per heavy atom. The van der Waals surface area contributed by atoms with Crippen LogP contribution in [-0.4, -0.2) is 24.3 Å². The van der Waals surface area contributed by atoms with E-state index in [0.29, 0.717) is 5.76 Å². The fourth-order valence-corrected chi connectivity index (χ4v) is 1.81. The van der Waals surface area contributed by atoms with Gasteiger partial charge in [-0.15, -0.1) is 13.2 Å². The number of hydrogen-bond acceptors (Lipinski definition) is 5. The third kappa shape index (κ3) is 5.87. The number of hydrogen-bond donors (Lipinski definition) is 1. The zero-order valence-electron chi connectivity index (χ0n) is 13.0. The van der Waals surface area contributed by atoms with E-state index >= 15 is 0 Å². The van der Waals surface area contributed by atoms with Gasteiger partial charge in [0, 0.05) is 0 Å². The van der Waals surface area contributed by atoms with Crippen LogP contribution in [0.1, 0.15) is 23.0 Å². The van der Waals surface area contributed by atoms with E-state index in [0.717, 1.165) is 24.3 Å². The Kier molecular flexibility index (Phi) is 5.68. The summed E-state index contributed by atoms with van der Waals surface area (Å²) < 4.78 is 49.9. The molecule has 134 valence electrons. The fraction of sp³-hybridized carbons (Fsp3) is 0.250. The van der Waals surface area contributed by atoms with E-state index in [1.54, 1.807) is 12.1 Å². The summed E-state index contributed by atoms with van der Waals surface area (Å²) in [7, 11) is 0. The maximum absolute atomic E-state index is 12.1. The summed E-state index contributed by atoms with van der Waals surface area (Å²) >= 11 is 0. The number of carbonyl (C=O) groups excluding carboxylic acids is 2. The van der Waals surface area contributed by atoms with Gasteiger partial charge in [0.25, 0.3) is 5.91 Å². The average molecular weight is 357 g/mol. The van der Waals surface area contributed by atoms with Crippen LogP contribution >= 0.6 is 0 Å². The first-order valence-electron chi connectivity index (χ1n) is 7.11. The lowest BCUT2D eigenvalue weighted by atomic mass is 10.2. The molecule has 0 aliphatic carbocycles. The van der Waals surface area contributed by atoms with Gasteiger partial charge in [0.15, 0.2) is 6.10 Å². The number of nitrogens with one attached hydrogen (secondary N) is 1. The van der Waals surface area contributed by atoms with Crippen molar-refractivity contribution in [3.63, 3.8) is 0 Å². The summed E-state index contributed by atoms with van der Waals surface area (Å²) in [5.74, 6) is -1.32.